The van der Waals surface area contributed by atoms with Gasteiger partial charge in [-0.2, -0.15) is 12.6 Å². The zero-order chi connectivity index (χ0) is 22.7. The highest BCUT2D eigenvalue weighted by Gasteiger charge is 2.34. The molecule has 2 aromatic rings. The standard InChI is InChI=1S/C23H29NO6S/c1-23(2,12-14-29-20(26)16-31)21(17-8-10-19(11-9-17)28-15-13-25)30-22(27)24-18-6-4-3-5-7-18/h3-11,21,25,31H,12-16H2,1-2H3,(H,24,27)/t21-/m1/s1. The quantitative estimate of drug-likeness (QED) is 0.352. The summed E-state index contributed by atoms with van der Waals surface area (Å²) in [5, 5.41) is 11.6. The van der Waals surface area contributed by atoms with Gasteiger partial charge in [-0.05, 0) is 36.2 Å². The maximum absolute atomic E-state index is 12.6. The number of benzene rings is 2. The van der Waals surface area contributed by atoms with Crippen LogP contribution >= 0.6 is 12.6 Å². The average Bonchev–Trinajstić information content (AvgIpc) is 2.77. The summed E-state index contributed by atoms with van der Waals surface area (Å²) in [4.78, 5) is 24.0. The molecule has 1 amide bonds. The lowest BCUT2D eigenvalue weighted by atomic mass is 9.80. The number of amides is 1. The first kappa shape index (κ1) is 24.6. The molecule has 0 aliphatic carbocycles. The molecule has 0 aliphatic rings. The van der Waals surface area contributed by atoms with E-state index in [1.54, 1.807) is 24.3 Å². The Labute approximate surface area is 188 Å². The molecule has 2 aromatic carbocycles. The molecule has 0 radical (unpaired) electrons. The van der Waals surface area contributed by atoms with Crippen LogP contribution in [-0.4, -0.2) is 42.7 Å². The Balaban J connectivity index is 2.17. The van der Waals surface area contributed by atoms with Crippen molar-refractivity contribution in [3.8, 4) is 5.75 Å². The first-order chi connectivity index (χ1) is 14.9. The van der Waals surface area contributed by atoms with Gasteiger partial charge in [0.25, 0.3) is 0 Å². The van der Waals surface area contributed by atoms with Gasteiger partial charge in [0.05, 0.1) is 19.0 Å². The number of aliphatic hydroxyl groups excluding tert-OH is 1. The predicted molar refractivity (Wildman–Crippen MR) is 122 cm³/mol. The van der Waals surface area contributed by atoms with Crippen molar-refractivity contribution in [1.29, 1.82) is 0 Å². The predicted octanol–water partition coefficient (Wildman–Crippen LogP) is 4.24. The van der Waals surface area contributed by atoms with Crippen LogP contribution in [0.4, 0.5) is 10.5 Å². The van der Waals surface area contributed by atoms with Crippen LogP contribution in [0.15, 0.2) is 54.6 Å². The summed E-state index contributed by atoms with van der Waals surface area (Å²) >= 11 is 3.91. The summed E-state index contributed by atoms with van der Waals surface area (Å²) in [5.41, 5.74) is 0.850. The number of aliphatic hydroxyl groups is 1. The number of hydrogen-bond donors (Lipinski definition) is 3. The fourth-order valence-electron chi connectivity index (χ4n) is 2.96. The van der Waals surface area contributed by atoms with Crippen molar-refractivity contribution >= 4 is 30.4 Å². The number of hydrogen-bond acceptors (Lipinski definition) is 7. The zero-order valence-electron chi connectivity index (χ0n) is 17.7. The van der Waals surface area contributed by atoms with E-state index in [2.05, 4.69) is 17.9 Å². The van der Waals surface area contributed by atoms with E-state index in [4.69, 9.17) is 19.3 Å². The van der Waals surface area contributed by atoms with Gasteiger partial charge in [0, 0.05) is 11.1 Å². The van der Waals surface area contributed by atoms with E-state index < -0.39 is 23.6 Å². The summed E-state index contributed by atoms with van der Waals surface area (Å²) in [6.45, 7) is 4.19. The number of ether oxygens (including phenoxy) is 3. The first-order valence-corrected chi connectivity index (χ1v) is 10.6. The van der Waals surface area contributed by atoms with Crippen LogP contribution in [0.1, 0.15) is 31.9 Å². The maximum Gasteiger partial charge on any atom is 0.412 e. The number of esters is 1. The third-order valence-corrected chi connectivity index (χ3v) is 4.89. The molecular formula is C23H29NO6S. The lowest BCUT2D eigenvalue weighted by Gasteiger charge is -2.34. The minimum atomic E-state index is -0.613. The van der Waals surface area contributed by atoms with Gasteiger partial charge in [-0.15, -0.1) is 0 Å². The summed E-state index contributed by atoms with van der Waals surface area (Å²) in [5.74, 6) is 0.212. The van der Waals surface area contributed by atoms with Crippen molar-refractivity contribution in [1.82, 2.24) is 0 Å². The van der Waals surface area contributed by atoms with Crippen molar-refractivity contribution < 1.29 is 28.9 Å². The average molecular weight is 448 g/mol. The molecule has 8 heteroatoms. The maximum atomic E-state index is 12.6. The second-order valence-corrected chi connectivity index (χ2v) is 7.85. The largest absolute Gasteiger partial charge is 0.491 e. The highest BCUT2D eigenvalue weighted by Crippen LogP contribution is 2.40. The number of carbonyl (C=O) groups is 2. The van der Waals surface area contributed by atoms with Gasteiger partial charge >= 0.3 is 12.1 Å². The second kappa shape index (κ2) is 12.2. The van der Waals surface area contributed by atoms with Crippen LogP contribution in [0.2, 0.25) is 0 Å². The van der Waals surface area contributed by atoms with Crippen LogP contribution < -0.4 is 10.1 Å². The SMILES string of the molecule is CC(C)(CCOC(=O)CS)[C@H](OC(=O)Nc1ccccc1)c1ccc(OCCO)cc1. The van der Waals surface area contributed by atoms with Crippen molar-refractivity contribution in [3.05, 3.63) is 60.2 Å². The highest BCUT2D eigenvalue weighted by atomic mass is 32.1. The molecule has 0 heterocycles. The van der Waals surface area contributed by atoms with Crippen molar-refractivity contribution in [2.45, 2.75) is 26.4 Å². The molecule has 2 N–H and O–H groups in total. The highest BCUT2D eigenvalue weighted by molar-refractivity contribution is 7.81. The van der Waals surface area contributed by atoms with E-state index in [0.29, 0.717) is 17.9 Å². The Morgan fingerprint density at radius 1 is 1.06 bits per heavy atom. The molecule has 0 saturated heterocycles. The van der Waals surface area contributed by atoms with Crippen molar-refractivity contribution in [2.24, 2.45) is 5.41 Å². The van der Waals surface area contributed by atoms with Gasteiger partial charge < -0.3 is 19.3 Å². The molecule has 0 bridgehead atoms. The number of thiol groups is 1. The Kier molecular flexibility index (Phi) is 9.68. The summed E-state index contributed by atoms with van der Waals surface area (Å²) in [7, 11) is 0. The van der Waals surface area contributed by atoms with Gasteiger partial charge in [-0.3, -0.25) is 10.1 Å². The molecule has 0 fully saturated rings. The number of anilines is 1. The van der Waals surface area contributed by atoms with Gasteiger partial charge in [-0.25, -0.2) is 4.79 Å². The molecular weight excluding hydrogens is 418 g/mol. The van der Waals surface area contributed by atoms with Gasteiger partial charge in [0.2, 0.25) is 0 Å². The lowest BCUT2D eigenvalue weighted by Crippen LogP contribution is -2.30. The van der Waals surface area contributed by atoms with Crippen LogP contribution in [0, 0.1) is 5.41 Å². The van der Waals surface area contributed by atoms with Crippen molar-refractivity contribution in [3.63, 3.8) is 0 Å². The lowest BCUT2D eigenvalue weighted by molar-refractivity contribution is -0.141. The van der Waals surface area contributed by atoms with E-state index in [-0.39, 0.29) is 25.6 Å². The molecule has 0 spiro atoms. The number of para-hydroxylation sites is 1. The van der Waals surface area contributed by atoms with Crippen LogP contribution in [0.25, 0.3) is 0 Å². The minimum Gasteiger partial charge on any atom is -0.491 e. The number of rotatable bonds is 11. The second-order valence-electron chi connectivity index (χ2n) is 7.53. The Morgan fingerprint density at radius 3 is 2.35 bits per heavy atom. The third-order valence-electron chi connectivity index (χ3n) is 4.64. The zero-order valence-corrected chi connectivity index (χ0v) is 18.6. The number of carbonyl (C=O) groups excluding carboxylic acids is 2. The smallest absolute Gasteiger partial charge is 0.412 e. The van der Waals surface area contributed by atoms with Crippen molar-refractivity contribution in [2.75, 3.05) is 30.9 Å². The molecule has 7 nitrogen and oxygen atoms in total. The molecule has 0 saturated carbocycles. The monoisotopic (exact) mass is 447 g/mol. The summed E-state index contributed by atoms with van der Waals surface area (Å²) < 4.78 is 16.4. The minimum absolute atomic E-state index is 0.00907. The van der Waals surface area contributed by atoms with Crippen LogP contribution in [-0.2, 0) is 14.3 Å². The van der Waals surface area contributed by atoms with E-state index in [1.807, 2.05) is 44.2 Å². The normalized spacial score (nSPS) is 12.0. The third kappa shape index (κ3) is 8.15. The Morgan fingerprint density at radius 2 is 1.74 bits per heavy atom. The molecule has 2 rings (SSSR count). The van der Waals surface area contributed by atoms with E-state index in [0.717, 1.165) is 5.56 Å². The molecule has 31 heavy (non-hydrogen) atoms. The van der Waals surface area contributed by atoms with Gasteiger partial charge in [0.15, 0.2) is 0 Å². The Hall–Kier alpha value is -2.71. The number of nitrogens with one attached hydrogen (secondary N) is 1. The van der Waals surface area contributed by atoms with E-state index >= 15 is 0 Å². The fraction of sp³-hybridized carbons (Fsp3) is 0.391. The summed E-state index contributed by atoms with van der Waals surface area (Å²) in [6.07, 6.45) is -0.728. The molecule has 168 valence electrons. The molecule has 0 aliphatic heterocycles. The van der Waals surface area contributed by atoms with Crippen LogP contribution in [0.3, 0.4) is 0 Å². The van der Waals surface area contributed by atoms with Gasteiger partial charge in [0.1, 0.15) is 18.5 Å². The van der Waals surface area contributed by atoms with E-state index in [9.17, 15) is 9.59 Å². The molecule has 0 aromatic heterocycles. The van der Waals surface area contributed by atoms with Gasteiger partial charge in [-0.1, -0.05) is 44.2 Å². The van der Waals surface area contributed by atoms with Crippen LogP contribution in [0.5, 0.6) is 5.75 Å². The fourth-order valence-corrected chi connectivity index (χ4v) is 3.05. The summed E-state index contributed by atoms with van der Waals surface area (Å²) in [6, 6.07) is 16.2. The van der Waals surface area contributed by atoms with E-state index in [1.165, 1.54) is 0 Å². The molecule has 1 atom stereocenters. The Bertz CT molecular complexity index is 826. The topological polar surface area (TPSA) is 94.1 Å². The first-order valence-electron chi connectivity index (χ1n) is 9.98. The molecule has 0 unspecified atom stereocenters.